The Labute approximate surface area is 130 Å². The van der Waals surface area contributed by atoms with E-state index in [2.05, 4.69) is 41.2 Å². The van der Waals surface area contributed by atoms with E-state index in [1.165, 1.54) is 16.3 Å². The van der Waals surface area contributed by atoms with E-state index in [1.54, 1.807) is 0 Å². The molecule has 0 bridgehead atoms. The predicted octanol–water partition coefficient (Wildman–Crippen LogP) is 5.09. The van der Waals surface area contributed by atoms with Gasteiger partial charge in [-0.2, -0.15) is 0 Å². The predicted molar refractivity (Wildman–Crippen MR) is 93.0 cm³/mol. The van der Waals surface area contributed by atoms with Gasteiger partial charge in [0.1, 0.15) is 0 Å². The van der Waals surface area contributed by atoms with Gasteiger partial charge in [0.15, 0.2) is 0 Å². The Morgan fingerprint density at radius 2 is 1.32 bits per heavy atom. The quantitative estimate of drug-likeness (QED) is 0.450. The first-order valence-electron chi connectivity index (χ1n) is 7.37. The zero-order chi connectivity index (χ0) is 15.4. The maximum atomic E-state index is 4.48. The van der Waals surface area contributed by atoms with Gasteiger partial charge in [0, 0.05) is 22.7 Å². The lowest BCUT2D eigenvalue weighted by atomic mass is 10.1. The van der Waals surface area contributed by atoms with Crippen LogP contribution in [0.5, 0.6) is 0 Å². The summed E-state index contributed by atoms with van der Waals surface area (Å²) in [5.74, 6) is 0. The minimum absolute atomic E-state index is 1.06. The lowest BCUT2D eigenvalue weighted by molar-refractivity contribution is 1.20. The molecule has 0 saturated carbocycles. The van der Waals surface area contributed by atoms with Gasteiger partial charge >= 0.3 is 0 Å². The molecule has 0 N–H and O–H groups in total. The third-order valence-electron chi connectivity index (χ3n) is 3.68. The monoisotopic (exact) mass is 286 g/mol. The number of aryl methyl sites for hydroxylation is 2. The molecule has 2 heterocycles. The van der Waals surface area contributed by atoms with Crippen molar-refractivity contribution in [3.05, 3.63) is 84.2 Å². The average Bonchev–Trinajstić information content (AvgIpc) is 2.57. The van der Waals surface area contributed by atoms with Gasteiger partial charge < -0.3 is 0 Å². The summed E-state index contributed by atoms with van der Waals surface area (Å²) in [6.07, 6.45) is 1.81. The number of pyridine rings is 2. The van der Waals surface area contributed by atoms with E-state index in [-0.39, 0.29) is 0 Å². The third kappa shape index (κ3) is 3.12. The summed E-state index contributed by atoms with van der Waals surface area (Å²) in [6.45, 7) is 4.14. The highest BCUT2D eigenvalue weighted by Crippen LogP contribution is 2.14. The second-order valence-electron chi connectivity index (χ2n) is 5.28. The Kier molecular flexibility index (Phi) is 4.10. The summed E-state index contributed by atoms with van der Waals surface area (Å²) >= 11 is 0. The largest absolute Gasteiger partial charge is 0.256 e. The maximum absolute atomic E-state index is 4.48. The topological polar surface area (TPSA) is 25.8 Å². The van der Waals surface area contributed by atoms with Gasteiger partial charge in [-0.1, -0.05) is 42.5 Å². The number of nitrogens with zero attached hydrogens (tertiary/aromatic N) is 2. The number of rotatable bonds is 0. The molecular weight excluding hydrogens is 268 g/mol. The highest BCUT2D eigenvalue weighted by Gasteiger charge is 1.96. The summed E-state index contributed by atoms with van der Waals surface area (Å²) in [6, 6.07) is 22.5. The normalized spacial score (nSPS) is 10.3. The molecule has 2 aromatic carbocycles. The van der Waals surface area contributed by atoms with Crippen molar-refractivity contribution in [2.24, 2.45) is 0 Å². The second-order valence-corrected chi connectivity index (χ2v) is 5.28. The summed E-state index contributed by atoms with van der Waals surface area (Å²) in [5.41, 5.74) is 4.52. The van der Waals surface area contributed by atoms with Gasteiger partial charge in [-0.15, -0.1) is 0 Å². The number of hydrogen-bond acceptors (Lipinski definition) is 2. The number of benzene rings is 2. The van der Waals surface area contributed by atoms with Crippen LogP contribution in [-0.4, -0.2) is 9.97 Å². The van der Waals surface area contributed by atoms with Crippen molar-refractivity contribution in [1.29, 1.82) is 0 Å². The molecule has 0 spiro atoms. The van der Waals surface area contributed by atoms with E-state index in [1.807, 2.05) is 55.6 Å². The number of fused-ring (bicyclic) bond motifs is 2. The minimum Gasteiger partial charge on any atom is -0.256 e. The third-order valence-corrected chi connectivity index (χ3v) is 3.68. The Hall–Kier alpha value is -2.74. The molecule has 2 heteroatoms. The number of hydrogen-bond donors (Lipinski definition) is 0. The first kappa shape index (κ1) is 14.2. The molecule has 0 aliphatic carbocycles. The van der Waals surface area contributed by atoms with Gasteiger partial charge in [-0.3, -0.25) is 9.97 Å². The van der Waals surface area contributed by atoms with E-state index in [0.717, 1.165) is 16.7 Å². The Morgan fingerprint density at radius 1 is 0.682 bits per heavy atom. The Morgan fingerprint density at radius 3 is 2.09 bits per heavy atom. The van der Waals surface area contributed by atoms with Gasteiger partial charge in [-0.05, 0) is 43.7 Å². The molecule has 0 unspecified atom stereocenters. The van der Waals surface area contributed by atoms with Crippen molar-refractivity contribution < 1.29 is 0 Å². The van der Waals surface area contributed by atoms with Crippen molar-refractivity contribution >= 4 is 21.8 Å². The van der Waals surface area contributed by atoms with E-state index in [4.69, 9.17) is 0 Å². The van der Waals surface area contributed by atoms with Crippen LogP contribution in [0.3, 0.4) is 0 Å². The molecule has 2 aromatic heterocycles. The number of para-hydroxylation sites is 2. The fraction of sp³-hybridized carbons (Fsp3) is 0.100. The van der Waals surface area contributed by atoms with Gasteiger partial charge in [-0.25, -0.2) is 0 Å². The van der Waals surface area contributed by atoms with Crippen LogP contribution in [0.4, 0.5) is 0 Å². The molecule has 4 aromatic rings. The lowest BCUT2D eigenvalue weighted by Gasteiger charge is -2.01. The Bertz CT molecular complexity index is 807. The first-order chi connectivity index (χ1) is 10.7. The lowest BCUT2D eigenvalue weighted by Crippen LogP contribution is -1.87. The Balaban J connectivity index is 0.000000133. The minimum atomic E-state index is 1.06. The second kappa shape index (κ2) is 6.35. The zero-order valence-corrected chi connectivity index (χ0v) is 12.8. The van der Waals surface area contributed by atoms with Gasteiger partial charge in [0.05, 0.1) is 11.0 Å². The van der Waals surface area contributed by atoms with Gasteiger partial charge in [0.2, 0.25) is 0 Å². The van der Waals surface area contributed by atoms with Crippen molar-refractivity contribution in [2.75, 3.05) is 0 Å². The van der Waals surface area contributed by atoms with Crippen molar-refractivity contribution in [3.8, 4) is 0 Å². The van der Waals surface area contributed by atoms with Crippen molar-refractivity contribution in [3.63, 3.8) is 0 Å². The first-order valence-corrected chi connectivity index (χ1v) is 7.37. The molecule has 0 atom stereocenters. The molecule has 2 nitrogen and oxygen atoms in total. The zero-order valence-electron chi connectivity index (χ0n) is 12.8. The van der Waals surface area contributed by atoms with Crippen LogP contribution in [0.2, 0.25) is 0 Å². The van der Waals surface area contributed by atoms with Crippen LogP contribution in [0.1, 0.15) is 11.3 Å². The average molecular weight is 286 g/mol. The van der Waals surface area contributed by atoms with Crippen molar-refractivity contribution in [2.45, 2.75) is 13.8 Å². The molecule has 4 rings (SSSR count). The smallest absolute Gasteiger partial charge is 0.0705 e. The maximum Gasteiger partial charge on any atom is 0.0705 e. The van der Waals surface area contributed by atoms with E-state index in [0.29, 0.717) is 0 Å². The molecule has 0 radical (unpaired) electrons. The highest BCUT2D eigenvalue weighted by atomic mass is 14.7. The van der Waals surface area contributed by atoms with E-state index < -0.39 is 0 Å². The number of aromatic nitrogens is 2. The molecule has 0 aliphatic heterocycles. The van der Waals surface area contributed by atoms with Crippen LogP contribution in [0, 0.1) is 13.8 Å². The summed E-state index contributed by atoms with van der Waals surface area (Å²) in [4.78, 5) is 8.66. The van der Waals surface area contributed by atoms with Crippen molar-refractivity contribution in [1.82, 2.24) is 9.97 Å². The van der Waals surface area contributed by atoms with Crippen LogP contribution in [0.15, 0.2) is 72.9 Å². The van der Waals surface area contributed by atoms with Crippen LogP contribution < -0.4 is 0 Å². The van der Waals surface area contributed by atoms with Crippen LogP contribution in [0.25, 0.3) is 21.8 Å². The summed E-state index contributed by atoms with van der Waals surface area (Å²) < 4.78 is 0. The molecule has 22 heavy (non-hydrogen) atoms. The van der Waals surface area contributed by atoms with Gasteiger partial charge in [0.25, 0.3) is 0 Å². The summed E-state index contributed by atoms with van der Waals surface area (Å²) in [7, 11) is 0. The molecule has 0 amide bonds. The molecule has 0 saturated heterocycles. The van der Waals surface area contributed by atoms with E-state index in [9.17, 15) is 0 Å². The fourth-order valence-corrected chi connectivity index (χ4v) is 2.33. The van der Waals surface area contributed by atoms with E-state index >= 15 is 0 Å². The SMILES string of the molecule is Cc1cc2ccccc2nc1C.c1ccc2ncccc2c1. The van der Waals surface area contributed by atoms with Crippen LogP contribution in [-0.2, 0) is 0 Å². The molecule has 0 aliphatic rings. The molecular formula is C20H18N2. The molecule has 108 valence electrons. The summed E-state index contributed by atoms with van der Waals surface area (Å²) in [5, 5.41) is 2.42. The highest BCUT2D eigenvalue weighted by molar-refractivity contribution is 5.79. The standard InChI is InChI=1S/C11H11N.C9H7N/c1-8-7-10-5-3-4-6-11(10)12-9(8)2;1-2-6-9-8(4-1)5-3-7-10-9/h3-7H,1-2H3;1-7H. The fourth-order valence-electron chi connectivity index (χ4n) is 2.33. The van der Waals surface area contributed by atoms with Crippen LogP contribution >= 0.6 is 0 Å². The molecule has 0 fully saturated rings.